The molecule has 2 aromatic heterocycles. The Morgan fingerprint density at radius 3 is 3.00 bits per heavy atom. The van der Waals surface area contributed by atoms with E-state index in [-0.39, 0.29) is 5.41 Å². The third kappa shape index (κ3) is 2.30. The largest absolute Gasteiger partial charge is 0.396 e. The lowest BCUT2D eigenvalue weighted by Gasteiger charge is -2.26. The maximum absolute atomic E-state index is 9.54. The number of nitrogens with zero attached hydrogens (tertiary/aromatic N) is 2. The number of hydrogen-bond donors (Lipinski definition) is 2. The lowest BCUT2D eigenvalue weighted by molar-refractivity contribution is 0.128. The molecule has 5 heteroatoms. The summed E-state index contributed by atoms with van der Waals surface area (Å²) in [5, 5.41) is 15.0. The van der Waals surface area contributed by atoms with Crippen LogP contribution in [0.1, 0.15) is 31.4 Å². The molecular formula is C13H19N3OS. The monoisotopic (exact) mass is 265 g/mol. The van der Waals surface area contributed by atoms with E-state index in [4.69, 9.17) is 0 Å². The van der Waals surface area contributed by atoms with Gasteiger partial charge in [-0.05, 0) is 12.8 Å². The molecule has 0 atom stereocenters. The second-order valence-electron chi connectivity index (χ2n) is 5.29. The van der Waals surface area contributed by atoms with Crippen molar-refractivity contribution in [2.45, 2.75) is 32.2 Å². The van der Waals surface area contributed by atoms with E-state index < -0.39 is 0 Å². The van der Waals surface area contributed by atoms with Gasteiger partial charge in [0, 0.05) is 42.9 Å². The van der Waals surface area contributed by atoms with Gasteiger partial charge >= 0.3 is 0 Å². The predicted octanol–water partition coefficient (Wildman–Crippen LogP) is 2.04. The van der Waals surface area contributed by atoms with Gasteiger partial charge in [-0.1, -0.05) is 12.8 Å². The third-order valence-corrected chi connectivity index (χ3v) is 4.72. The number of rotatable bonds is 5. The molecule has 0 radical (unpaired) electrons. The van der Waals surface area contributed by atoms with Crippen LogP contribution in [-0.2, 0) is 6.54 Å². The van der Waals surface area contributed by atoms with Crippen LogP contribution < -0.4 is 5.32 Å². The van der Waals surface area contributed by atoms with Gasteiger partial charge in [0.1, 0.15) is 0 Å². The average molecular weight is 265 g/mol. The molecule has 0 saturated heterocycles. The molecule has 2 N–H and O–H groups in total. The first-order valence-electron chi connectivity index (χ1n) is 6.54. The second kappa shape index (κ2) is 4.99. The first kappa shape index (κ1) is 12.1. The van der Waals surface area contributed by atoms with Crippen LogP contribution in [0.3, 0.4) is 0 Å². The van der Waals surface area contributed by atoms with Gasteiger partial charge in [-0.25, -0.2) is 4.98 Å². The topological polar surface area (TPSA) is 49.6 Å². The van der Waals surface area contributed by atoms with Gasteiger partial charge in [-0.3, -0.25) is 4.40 Å². The quantitative estimate of drug-likeness (QED) is 0.870. The zero-order valence-electron chi connectivity index (χ0n) is 10.4. The molecule has 18 heavy (non-hydrogen) atoms. The smallest absolute Gasteiger partial charge is 0.193 e. The molecule has 0 aliphatic heterocycles. The molecule has 0 bridgehead atoms. The van der Waals surface area contributed by atoms with Crippen molar-refractivity contribution in [3.63, 3.8) is 0 Å². The van der Waals surface area contributed by atoms with E-state index in [0.717, 1.165) is 36.6 Å². The fraction of sp³-hybridized carbons (Fsp3) is 0.615. The van der Waals surface area contributed by atoms with Gasteiger partial charge < -0.3 is 10.4 Å². The molecule has 1 saturated carbocycles. The highest BCUT2D eigenvalue weighted by Crippen LogP contribution is 2.36. The highest BCUT2D eigenvalue weighted by atomic mass is 32.1. The zero-order chi connectivity index (χ0) is 12.4. The number of aliphatic hydroxyl groups excluding tert-OH is 1. The Kier molecular flexibility index (Phi) is 3.37. The van der Waals surface area contributed by atoms with Gasteiger partial charge in [0.25, 0.3) is 0 Å². The molecule has 0 aromatic carbocycles. The Balaban J connectivity index is 1.56. The number of aromatic nitrogens is 2. The summed E-state index contributed by atoms with van der Waals surface area (Å²) in [6.45, 7) is 1.99. The summed E-state index contributed by atoms with van der Waals surface area (Å²) in [7, 11) is 0. The summed E-state index contributed by atoms with van der Waals surface area (Å²) in [4.78, 5) is 5.59. The third-order valence-electron chi connectivity index (χ3n) is 3.95. The Bertz CT molecular complexity index is 485. The first-order valence-corrected chi connectivity index (χ1v) is 7.42. The molecule has 2 aromatic rings. The number of fused-ring (bicyclic) bond motifs is 1. The minimum absolute atomic E-state index is 0.122. The van der Waals surface area contributed by atoms with Crippen molar-refractivity contribution in [1.82, 2.24) is 14.7 Å². The summed E-state index contributed by atoms with van der Waals surface area (Å²) in [6.07, 6.45) is 8.90. The SMILES string of the molecule is OCC1(CNCc2cn3ccsc3n2)CCCC1. The minimum atomic E-state index is 0.122. The average Bonchev–Trinajstić information content (AvgIpc) is 3.04. The molecule has 3 rings (SSSR count). The maximum atomic E-state index is 9.54. The van der Waals surface area contributed by atoms with E-state index in [1.165, 1.54) is 12.8 Å². The van der Waals surface area contributed by atoms with Crippen molar-refractivity contribution in [1.29, 1.82) is 0 Å². The maximum Gasteiger partial charge on any atom is 0.193 e. The summed E-state index contributed by atoms with van der Waals surface area (Å²) >= 11 is 1.65. The van der Waals surface area contributed by atoms with E-state index in [1.54, 1.807) is 11.3 Å². The van der Waals surface area contributed by atoms with Crippen LogP contribution >= 0.6 is 11.3 Å². The summed E-state index contributed by atoms with van der Waals surface area (Å²) < 4.78 is 2.05. The Morgan fingerprint density at radius 2 is 2.28 bits per heavy atom. The lowest BCUT2D eigenvalue weighted by atomic mass is 9.87. The first-order chi connectivity index (χ1) is 8.81. The number of nitrogens with one attached hydrogen (secondary N) is 1. The van der Waals surface area contributed by atoms with Gasteiger partial charge in [0.2, 0.25) is 0 Å². The van der Waals surface area contributed by atoms with Crippen molar-refractivity contribution < 1.29 is 5.11 Å². The van der Waals surface area contributed by atoms with E-state index in [0.29, 0.717) is 6.61 Å². The molecule has 4 nitrogen and oxygen atoms in total. The van der Waals surface area contributed by atoms with Gasteiger partial charge in [0.05, 0.1) is 5.69 Å². The number of thiazole rings is 1. The number of hydrogen-bond acceptors (Lipinski definition) is 4. The van der Waals surface area contributed by atoms with Crippen LogP contribution in [0.5, 0.6) is 0 Å². The number of imidazole rings is 1. The fourth-order valence-electron chi connectivity index (χ4n) is 2.83. The van der Waals surface area contributed by atoms with Crippen molar-refractivity contribution in [3.8, 4) is 0 Å². The van der Waals surface area contributed by atoms with Crippen LogP contribution in [0.4, 0.5) is 0 Å². The van der Waals surface area contributed by atoms with Crippen LogP contribution in [-0.4, -0.2) is 27.6 Å². The molecule has 98 valence electrons. The molecular weight excluding hydrogens is 246 g/mol. The molecule has 1 aliphatic rings. The summed E-state index contributed by atoms with van der Waals surface area (Å²) in [5.74, 6) is 0. The normalized spacial score (nSPS) is 18.7. The van der Waals surface area contributed by atoms with Gasteiger partial charge in [-0.15, -0.1) is 11.3 Å². The lowest BCUT2D eigenvalue weighted by Crippen LogP contribution is -2.34. The Hall–Kier alpha value is -0.910. The molecule has 1 aliphatic carbocycles. The van der Waals surface area contributed by atoms with E-state index >= 15 is 0 Å². The van der Waals surface area contributed by atoms with Crippen molar-refractivity contribution in [2.24, 2.45) is 5.41 Å². The highest BCUT2D eigenvalue weighted by Gasteiger charge is 2.32. The molecule has 0 spiro atoms. The summed E-state index contributed by atoms with van der Waals surface area (Å²) in [6, 6.07) is 0. The molecule has 2 heterocycles. The van der Waals surface area contributed by atoms with Crippen LogP contribution in [0.25, 0.3) is 4.96 Å². The second-order valence-corrected chi connectivity index (χ2v) is 6.17. The standard InChI is InChI=1S/C13H19N3OS/c17-10-13(3-1-2-4-13)9-14-7-11-8-16-5-6-18-12(16)15-11/h5-6,8,14,17H,1-4,7,9-10H2. The molecule has 0 unspecified atom stereocenters. The van der Waals surface area contributed by atoms with E-state index in [1.807, 2.05) is 11.6 Å². The van der Waals surface area contributed by atoms with E-state index in [2.05, 4.69) is 20.9 Å². The van der Waals surface area contributed by atoms with Crippen LogP contribution in [0, 0.1) is 5.41 Å². The molecule has 1 fully saturated rings. The van der Waals surface area contributed by atoms with Gasteiger partial charge in [0.15, 0.2) is 4.96 Å². The summed E-state index contributed by atoms with van der Waals surface area (Å²) in [5.41, 5.74) is 1.20. The van der Waals surface area contributed by atoms with Crippen LogP contribution in [0.15, 0.2) is 17.8 Å². The Morgan fingerprint density at radius 1 is 1.44 bits per heavy atom. The van der Waals surface area contributed by atoms with Crippen molar-refractivity contribution in [2.75, 3.05) is 13.2 Å². The Labute approximate surface area is 111 Å². The molecule has 0 amide bonds. The van der Waals surface area contributed by atoms with Gasteiger partial charge in [-0.2, -0.15) is 0 Å². The zero-order valence-corrected chi connectivity index (χ0v) is 11.2. The fourth-order valence-corrected chi connectivity index (χ4v) is 3.55. The van der Waals surface area contributed by atoms with Crippen molar-refractivity contribution >= 4 is 16.3 Å². The van der Waals surface area contributed by atoms with Crippen molar-refractivity contribution in [3.05, 3.63) is 23.5 Å². The van der Waals surface area contributed by atoms with Crippen LogP contribution in [0.2, 0.25) is 0 Å². The van der Waals surface area contributed by atoms with E-state index in [9.17, 15) is 5.11 Å². The number of aliphatic hydroxyl groups is 1. The highest BCUT2D eigenvalue weighted by molar-refractivity contribution is 7.15. The predicted molar refractivity (Wildman–Crippen MR) is 72.8 cm³/mol. The minimum Gasteiger partial charge on any atom is -0.396 e.